The van der Waals surface area contributed by atoms with Crippen molar-refractivity contribution in [1.29, 1.82) is 0 Å². The molecule has 0 aliphatic carbocycles. The first-order chi connectivity index (χ1) is 11.5. The van der Waals surface area contributed by atoms with Gasteiger partial charge >= 0.3 is 6.18 Å². The Morgan fingerprint density at radius 1 is 0.833 bits per heavy atom. The van der Waals surface area contributed by atoms with Gasteiger partial charge in [0.1, 0.15) is 0 Å². The zero-order chi connectivity index (χ0) is 17.0. The molecule has 0 saturated carbocycles. The lowest BCUT2D eigenvalue weighted by Gasteiger charge is -2.19. The number of aromatic nitrogens is 1. The molecular formula is C20H16F3N. The predicted molar refractivity (Wildman–Crippen MR) is 87.7 cm³/mol. The molecule has 1 nitrogen and oxygen atoms in total. The number of nitrogens with zero attached hydrogens (tertiary/aromatic N) is 1. The molecule has 1 atom stereocenters. The third-order valence-electron chi connectivity index (χ3n) is 3.94. The highest BCUT2D eigenvalue weighted by atomic mass is 19.4. The summed E-state index contributed by atoms with van der Waals surface area (Å²) < 4.78 is 39.1. The van der Waals surface area contributed by atoms with Gasteiger partial charge in [-0.1, -0.05) is 54.6 Å². The zero-order valence-electron chi connectivity index (χ0n) is 12.9. The van der Waals surface area contributed by atoms with Crippen LogP contribution in [0.2, 0.25) is 0 Å². The van der Waals surface area contributed by atoms with Crippen LogP contribution < -0.4 is 0 Å². The van der Waals surface area contributed by atoms with Crippen LogP contribution in [0.1, 0.15) is 28.3 Å². The van der Waals surface area contributed by atoms with Crippen LogP contribution in [0.5, 0.6) is 0 Å². The van der Waals surface area contributed by atoms with Crippen molar-refractivity contribution < 1.29 is 13.2 Å². The van der Waals surface area contributed by atoms with Gasteiger partial charge in [0.15, 0.2) is 0 Å². The second-order valence-electron chi connectivity index (χ2n) is 5.62. The van der Waals surface area contributed by atoms with Gasteiger partial charge in [-0.3, -0.25) is 4.98 Å². The molecule has 1 heterocycles. The van der Waals surface area contributed by atoms with Crippen molar-refractivity contribution in [3.8, 4) is 0 Å². The van der Waals surface area contributed by atoms with E-state index < -0.39 is 11.7 Å². The molecule has 0 radical (unpaired) electrons. The lowest BCUT2D eigenvalue weighted by molar-refractivity contribution is -0.137. The van der Waals surface area contributed by atoms with E-state index in [2.05, 4.69) is 4.98 Å². The van der Waals surface area contributed by atoms with Crippen LogP contribution in [0.25, 0.3) is 0 Å². The van der Waals surface area contributed by atoms with Gasteiger partial charge in [0, 0.05) is 17.8 Å². The van der Waals surface area contributed by atoms with Gasteiger partial charge in [0.2, 0.25) is 0 Å². The number of benzene rings is 2. The smallest absolute Gasteiger partial charge is 0.261 e. The number of hydrogen-bond acceptors (Lipinski definition) is 1. The molecule has 3 aromatic rings. The molecule has 1 unspecified atom stereocenters. The van der Waals surface area contributed by atoms with E-state index in [1.165, 1.54) is 12.1 Å². The third-order valence-corrected chi connectivity index (χ3v) is 3.94. The Morgan fingerprint density at radius 2 is 1.58 bits per heavy atom. The maximum Gasteiger partial charge on any atom is 0.416 e. The van der Waals surface area contributed by atoms with Gasteiger partial charge in [-0.25, -0.2) is 0 Å². The Hall–Kier alpha value is -2.62. The van der Waals surface area contributed by atoms with E-state index in [0.29, 0.717) is 12.0 Å². The van der Waals surface area contributed by atoms with Crippen molar-refractivity contribution in [3.63, 3.8) is 0 Å². The van der Waals surface area contributed by atoms with Crippen molar-refractivity contribution in [2.75, 3.05) is 0 Å². The first kappa shape index (κ1) is 16.2. The molecule has 0 N–H and O–H groups in total. The molecule has 3 rings (SSSR count). The quantitative estimate of drug-likeness (QED) is 0.619. The Morgan fingerprint density at radius 3 is 2.25 bits per heavy atom. The van der Waals surface area contributed by atoms with E-state index >= 15 is 0 Å². The molecule has 24 heavy (non-hydrogen) atoms. The molecular weight excluding hydrogens is 311 g/mol. The lowest BCUT2D eigenvalue weighted by Crippen LogP contribution is -2.10. The van der Waals surface area contributed by atoms with E-state index in [1.807, 2.05) is 42.5 Å². The van der Waals surface area contributed by atoms with Crippen LogP contribution in [0, 0.1) is 0 Å². The molecule has 0 fully saturated rings. The Balaban J connectivity index is 2.02. The van der Waals surface area contributed by atoms with E-state index in [1.54, 1.807) is 18.3 Å². The molecule has 0 bridgehead atoms. The van der Waals surface area contributed by atoms with Crippen LogP contribution >= 0.6 is 0 Å². The number of alkyl halides is 3. The number of hydrogen-bond donors (Lipinski definition) is 0. The summed E-state index contributed by atoms with van der Waals surface area (Å²) in [4.78, 5) is 4.36. The molecule has 0 aliphatic heterocycles. The minimum absolute atomic E-state index is 0.226. The molecule has 122 valence electrons. The van der Waals surface area contributed by atoms with Gasteiger partial charge in [-0.2, -0.15) is 13.2 Å². The van der Waals surface area contributed by atoms with Crippen LogP contribution in [-0.4, -0.2) is 4.98 Å². The summed E-state index contributed by atoms with van der Waals surface area (Å²) >= 11 is 0. The topological polar surface area (TPSA) is 12.9 Å². The summed E-state index contributed by atoms with van der Waals surface area (Å²) in [5, 5.41) is 0. The lowest BCUT2D eigenvalue weighted by atomic mass is 9.88. The van der Waals surface area contributed by atoms with Crippen molar-refractivity contribution >= 4 is 0 Å². The van der Waals surface area contributed by atoms with E-state index in [-0.39, 0.29) is 5.92 Å². The zero-order valence-corrected chi connectivity index (χ0v) is 12.9. The molecule has 4 heteroatoms. The summed E-state index contributed by atoms with van der Waals surface area (Å²) in [6.07, 6.45) is -2.09. The number of rotatable bonds is 4. The predicted octanol–water partition coefficient (Wildman–Crippen LogP) is 5.48. The van der Waals surface area contributed by atoms with Gasteiger partial charge < -0.3 is 0 Å². The van der Waals surface area contributed by atoms with Gasteiger partial charge in [0.25, 0.3) is 0 Å². The third kappa shape index (κ3) is 3.82. The monoisotopic (exact) mass is 327 g/mol. The highest BCUT2D eigenvalue weighted by molar-refractivity contribution is 5.35. The minimum Gasteiger partial charge on any atom is -0.261 e. The van der Waals surface area contributed by atoms with Gasteiger partial charge in [0.05, 0.1) is 5.56 Å². The molecule has 0 spiro atoms. The number of pyridine rings is 1. The van der Waals surface area contributed by atoms with Crippen molar-refractivity contribution in [2.45, 2.75) is 18.5 Å². The van der Waals surface area contributed by atoms with Crippen LogP contribution in [-0.2, 0) is 12.6 Å². The fourth-order valence-electron chi connectivity index (χ4n) is 2.76. The average Bonchev–Trinajstić information content (AvgIpc) is 2.61. The van der Waals surface area contributed by atoms with Crippen molar-refractivity contribution in [1.82, 2.24) is 4.98 Å². The molecule has 0 amide bonds. The Kier molecular flexibility index (Phi) is 4.65. The molecule has 0 aliphatic rings. The standard InChI is InChI=1S/C20H16F3N/c21-20(22,23)17-10-6-9-16(14-17)18(19-11-4-5-12-24-19)13-15-7-2-1-3-8-15/h1-12,14,18H,13H2. The molecule has 0 saturated heterocycles. The number of halogens is 3. The van der Waals surface area contributed by atoms with Crippen LogP contribution in [0.15, 0.2) is 79.0 Å². The first-order valence-corrected chi connectivity index (χ1v) is 7.66. The summed E-state index contributed by atoms with van der Waals surface area (Å²) in [7, 11) is 0. The average molecular weight is 327 g/mol. The van der Waals surface area contributed by atoms with Gasteiger partial charge in [-0.15, -0.1) is 0 Å². The summed E-state index contributed by atoms with van der Waals surface area (Å²) in [6, 6.07) is 20.8. The minimum atomic E-state index is -4.35. The van der Waals surface area contributed by atoms with Gasteiger partial charge in [-0.05, 0) is 35.7 Å². The summed E-state index contributed by atoms with van der Waals surface area (Å²) in [6.45, 7) is 0. The van der Waals surface area contributed by atoms with E-state index in [4.69, 9.17) is 0 Å². The fourth-order valence-corrected chi connectivity index (χ4v) is 2.76. The SMILES string of the molecule is FC(F)(F)c1cccc(C(Cc2ccccc2)c2ccccn2)c1. The Labute approximate surface area is 138 Å². The maximum atomic E-state index is 13.0. The van der Waals surface area contributed by atoms with E-state index in [0.717, 1.165) is 17.3 Å². The summed E-state index contributed by atoms with van der Waals surface area (Å²) in [5.74, 6) is -0.226. The highest BCUT2D eigenvalue weighted by Gasteiger charge is 2.31. The normalized spacial score (nSPS) is 12.8. The second-order valence-corrected chi connectivity index (χ2v) is 5.62. The second kappa shape index (κ2) is 6.87. The van der Waals surface area contributed by atoms with Crippen molar-refractivity contribution in [2.24, 2.45) is 0 Å². The maximum absolute atomic E-state index is 13.0. The molecule has 2 aromatic carbocycles. The first-order valence-electron chi connectivity index (χ1n) is 7.66. The largest absolute Gasteiger partial charge is 0.416 e. The molecule has 1 aromatic heterocycles. The van der Waals surface area contributed by atoms with Crippen molar-refractivity contribution in [3.05, 3.63) is 101 Å². The fraction of sp³-hybridized carbons (Fsp3) is 0.150. The van der Waals surface area contributed by atoms with Crippen LogP contribution in [0.4, 0.5) is 13.2 Å². The highest BCUT2D eigenvalue weighted by Crippen LogP contribution is 2.33. The van der Waals surface area contributed by atoms with Crippen LogP contribution in [0.3, 0.4) is 0 Å². The Bertz CT molecular complexity index is 783. The van der Waals surface area contributed by atoms with E-state index in [9.17, 15) is 13.2 Å². The summed E-state index contributed by atoms with van der Waals surface area (Å²) in [5.41, 5.74) is 1.81.